The Morgan fingerprint density at radius 2 is 2.08 bits per heavy atom. The monoisotopic (exact) mass is 187 g/mol. The van der Waals surface area contributed by atoms with Gasteiger partial charge in [0, 0.05) is 5.69 Å². The lowest BCUT2D eigenvalue weighted by molar-refractivity contribution is 0.591. The third-order valence-electron chi connectivity index (χ3n) is 1.70. The maximum Gasteiger partial charge on any atom is 0.165 e. The average Bonchev–Trinajstić information content (AvgIpc) is 1.96. The minimum atomic E-state index is -0.391. The number of pyridine rings is 1. The van der Waals surface area contributed by atoms with Crippen LogP contribution in [0.15, 0.2) is 6.07 Å². The quantitative estimate of drug-likeness (QED) is 0.615. The Balaban J connectivity index is 3.28. The molecule has 3 heteroatoms. The number of halogens is 2. The minimum Gasteiger partial charge on any atom is -0.238 e. The number of aromatic nitrogens is 1. The summed E-state index contributed by atoms with van der Waals surface area (Å²) in [6, 6.07) is 1.73. The molecule has 0 bridgehead atoms. The molecule has 0 aliphatic heterocycles. The number of hydrogen-bond donors (Lipinski definition) is 0. The Hall–Kier alpha value is -0.630. The van der Waals surface area contributed by atoms with Crippen LogP contribution in [0.5, 0.6) is 0 Å². The summed E-state index contributed by atoms with van der Waals surface area (Å²) < 4.78 is 13.2. The van der Waals surface area contributed by atoms with Crippen LogP contribution in [0.2, 0.25) is 5.15 Å². The molecule has 0 saturated heterocycles. The molecule has 0 atom stereocenters. The van der Waals surface area contributed by atoms with Gasteiger partial charge in [0.2, 0.25) is 0 Å². The van der Waals surface area contributed by atoms with Crippen molar-refractivity contribution in [2.24, 2.45) is 0 Å². The average molecular weight is 188 g/mol. The zero-order chi connectivity index (χ0) is 9.30. The van der Waals surface area contributed by atoms with Crippen LogP contribution in [-0.4, -0.2) is 4.98 Å². The van der Waals surface area contributed by atoms with Crippen LogP contribution in [0.1, 0.15) is 31.0 Å². The SMILES string of the molecule is Cc1cc(C(C)C)c(F)c(Cl)n1. The van der Waals surface area contributed by atoms with Crippen molar-refractivity contribution in [1.29, 1.82) is 0 Å². The molecular weight excluding hydrogens is 177 g/mol. The summed E-state index contributed by atoms with van der Waals surface area (Å²) in [5.41, 5.74) is 1.39. The Bertz CT molecular complexity index is 297. The maximum absolute atomic E-state index is 13.2. The maximum atomic E-state index is 13.2. The fourth-order valence-electron chi connectivity index (χ4n) is 1.06. The lowest BCUT2D eigenvalue weighted by Gasteiger charge is -2.08. The first kappa shape index (κ1) is 9.46. The molecule has 0 spiro atoms. The molecule has 1 rings (SSSR count). The molecule has 0 aliphatic rings. The van der Waals surface area contributed by atoms with Gasteiger partial charge in [0.25, 0.3) is 0 Å². The van der Waals surface area contributed by atoms with Gasteiger partial charge in [0.15, 0.2) is 11.0 Å². The van der Waals surface area contributed by atoms with Crippen molar-refractivity contribution >= 4 is 11.6 Å². The van der Waals surface area contributed by atoms with Crippen LogP contribution < -0.4 is 0 Å². The number of hydrogen-bond acceptors (Lipinski definition) is 1. The molecule has 0 fully saturated rings. The molecule has 1 nitrogen and oxygen atoms in total. The first-order valence-electron chi connectivity index (χ1n) is 3.85. The van der Waals surface area contributed by atoms with Gasteiger partial charge in [-0.3, -0.25) is 0 Å². The van der Waals surface area contributed by atoms with E-state index in [1.165, 1.54) is 0 Å². The van der Waals surface area contributed by atoms with Crippen LogP contribution in [0.25, 0.3) is 0 Å². The molecule has 0 aromatic carbocycles. The molecule has 1 aromatic rings. The number of rotatable bonds is 1. The largest absolute Gasteiger partial charge is 0.238 e. The van der Waals surface area contributed by atoms with E-state index in [-0.39, 0.29) is 11.1 Å². The number of aryl methyl sites for hydroxylation is 1. The second-order valence-corrected chi connectivity index (χ2v) is 3.47. The van der Waals surface area contributed by atoms with Gasteiger partial charge in [-0.25, -0.2) is 9.37 Å². The van der Waals surface area contributed by atoms with Gasteiger partial charge in [0.05, 0.1) is 0 Å². The summed E-state index contributed by atoms with van der Waals surface area (Å²) in [5, 5.41) is -0.0290. The van der Waals surface area contributed by atoms with Crippen LogP contribution in [0, 0.1) is 12.7 Å². The van der Waals surface area contributed by atoms with Crippen molar-refractivity contribution in [1.82, 2.24) is 4.98 Å². The lowest BCUT2D eigenvalue weighted by Crippen LogP contribution is -1.97. The Kier molecular flexibility index (Phi) is 2.68. The Morgan fingerprint density at radius 1 is 1.50 bits per heavy atom. The summed E-state index contributed by atoms with van der Waals surface area (Å²) in [6.07, 6.45) is 0. The molecule has 1 heterocycles. The highest BCUT2D eigenvalue weighted by Gasteiger charge is 2.11. The van der Waals surface area contributed by atoms with Gasteiger partial charge in [-0.05, 0) is 24.5 Å². The molecule has 0 N–H and O–H groups in total. The third-order valence-corrected chi connectivity index (χ3v) is 1.95. The Labute approximate surface area is 76.6 Å². The second kappa shape index (κ2) is 3.40. The van der Waals surface area contributed by atoms with Crippen LogP contribution in [-0.2, 0) is 0 Å². The van der Waals surface area contributed by atoms with Crippen molar-refractivity contribution in [2.75, 3.05) is 0 Å². The Morgan fingerprint density at radius 3 is 2.58 bits per heavy atom. The molecule has 0 amide bonds. The van der Waals surface area contributed by atoms with Gasteiger partial charge in [-0.2, -0.15) is 0 Å². The van der Waals surface area contributed by atoms with E-state index in [2.05, 4.69) is 4.98 Å². The second-order valence-electron chi connectivity index (χ2n) is 3.11. The van der Waals surface area contributed by atoms with Gasteiger partial charge in [-0.1, -0.05) is 25.4 Å². The molecule has 66 valence electrons. The summed E-state index contributed by atoms with van der Waals surface area (Å²) in [4.78, 5) is 3.81. The van der Waals surface area contributed by atoms with E-state index >= 15 is 0 Å². The van der Waals surface area contributed by atoms with E-state index in [1.807, 2.05) is 13.8 Å². The van der Waals surface area contributed by atoms with Crippen molar-refractivity contribution in [2.45, 2.75) is 26.7 Å². The van der Waals surface area contributed by atoms with Gasteiger partial charge in [0.1, 0.15) is 0 Å². The summed E-state index contributed by atoms with van der Waals surface area (Å²) in [7, 11) is 0. The predicted molar refractivity (Wildman–Crippen MR) is 48.0 cm³/mol. The van der Waals surface area contributed by atoms with Crippen molar-refractivity contribution in [3.63, 3.8) is 0 Å². The van der Waals surface area contributed by atoms with Crippen molar-refractivity contribution in [3.05, 3.63) is 28.3 Å². The van der Waals surface area contributed by atoms with Crippen molar-refractivity contribution < 1.29 is 4.39 Å². The van der Waals surface area contributed by atoms with Crippen LogP contribution in [0.3, 0.4) is 0 Å². The minimum absolute atomic E-state index is 0.0290. The molecule has 0 unspecified atom stereocenters. The fraction of sp³-hybridized carbons (Fsp3) is 0.444. The molecular formula is C9H11ClFN. The van der Waals surface area contributed by atoms with E-state index < -0.39 is 5.82 Å². The molecule has 12 heavy (non-hydrogen) atoms. The summed E-state index contributed by atoms with van der Waals surface area (Å²) in [6.45, 7) is 5.65. The van der Waals surface area contributed by atoms with E-state index in [4.69, 9.17) is 11.6 Å². The molecule has 0 radical (unpaired) electrons. The van der Waals surface area contributed by atoms with Gasteiger partial charge >= 0.3 is 0 Å². The first-order chi connectivity index (χ1) is 5.52. The van der Waals surface area contributed by atoms with Gasteiger partial charge in [-0.15, -0.1) is 0 Å². The van der Waals surface area contributed by atoms with Crippen LogP contribution >= 0.6 is 11.6 Å². The van der Waals surface area contributed by atoms with E-state index in [0.717, 1.165) is 5.69 Å². The van der Waals surface area contributed by atoms with E-state index in [9.17, 15) is 4.39 Å². The number of nitrogens with zero attached hydrogens (tertiary/aromatic N) is 1. The molecule has 0 aliphatic carbocycles. The summed E-state index contributed by atoms with van der Waals surface area (Å²) in [5.74, 6) is -0.249. The highest BCUT2D eigenvalue weighted by atomic mass is 35.5. The van der Waals surface area contributed by atoms with Crippen molar-refractivity contribution in [3.8, 4) is 0 Å². The topological polar surface area (TPSA) is 12.9 Å². The first-order valence-corrected chi connectivity index (χ1v) is 4.22. The molecule has 1 aromatic heterocycles. The highest BCUT2D eigenvalue weighted by Crippen LogP contribution is 2.23. The van der Waals surface area contributed by atoms with Crippen LogP contribution in [0.4, 0.5) is 4.39 Å². The smallest absolute Gasteiger partial charge is 0.165 e. The zero-order valence-corrected chi connectivity index (χ0v) is 8.11. The lowest BCUT2D eigenvalue weighted by atomic mass is 10.0. The zero-order valence-electron chi connectivity index (χ0n) is 7.36. The fourth-order valence-corrected chi connectivity index (χ4v) is 1.31. The third kappa shape index (κ3) is 1.75. The molecule has 0 saturated carbocycles. The predicted octanol–water partition coefficient (Wildman–Crippen LogP) is 3.31. The highest BCUT2D eigenvalue weighted by molar-refractivity contribution is 6.29. The van der Waals surface area contributed by atoms with E-state index in [1.54, 1.807) is 13.0 Å². The van der Waals surface area contributed by atoms with Gasteiger partial charge < -0.3 is 0 Å². The standard InChI is InChI=1S/C9H11ClFN/c1-5(2)7-4-6(3)12-9(10)8(7)11/h4-5H,1-3H3. The van der Waals surface area contributed by atoms with E-state index in [0.29, 0.717) is 5.56 Å². The normalized spacial score (nSPS) is 10.8. The summed E-state index contributed by atoms with van der Waals surface area (Å²) >= 11 is 5.58.